The van der Waals surface area contributed by atoms with Crippen LogP contribution in [0.4, 0.5) is 0 Å². The summed E-state index contributed by atoms with van der Waals surface area (Å²) >= 11 is 0. The van der Waals surface area contributed by atoms with Crippen LogP contribution in [0.5, 0.6) is 0 Å². The fraction of sp³-hybridized carbons (Fsp3) is 0.833. The van der Waals surface area contributed by atoms with Crippen LogP contribution in [0.2, 0.25) is 0 Å². The highest BCUT2D eigenvalue weighted by Crippen LogP contribution is 1.86. The molecule has 1 atom stereocenters. The Labute approximate surface area is 104 Å². The van der Waals surface area contributed by atoms with E-state index < -0.39 is 0 Å². The number of nitrogens with one attached hydrogen (secondary N) is 3. The van der Waals surface area contributed by atoms with Crippen molar-refractivity contribution in [1.82, 2.24) is 16.0 Å². The van der Waals surface area contributed by atoms with Gasteiger partial charge in [0.25, 0.3) is 0 Å². The van der Waals surface area contributed by atoms with E-state index in [0.29, 0.717) is 13.0 Å². The highest BCUT2D eigenvalue weighted by Gasteiger charge is 2.06. The number of carbonyl (C=O) groups is 2. The van der Waals surface area contributed by atoms with Crippen molar-refractivity contribution in [3.63, 3.8) is 0 Å². The maximum absolute atomic E-state index is 11.4. The predicted molar refractivity (Wildman–Crippen MR) is 68.7 cm³/mol. The number of hydrogen-bond acceptors (Lipinski definition) is 3. The second-order valence-electron chi connectivity index (χ2n) is 4.53. The van der Waals surface area contributed by atoms with Crippen molar-refractivity contribution in [2.24, 2.45) is 0 Å². The molecular formula is C12H25N3O2. The van der Waals surface area contributed by atoms with Gasteiger partial charge in [-0.25, -0.2) is 0 Å². The molecular weight excluding hydrogens is 218 g/mol. The Hall–Kier alpha value is -1.10. The summed E-state index contributed by atoms with van der Waals surface area (Å²) in [6.07, 6.45) is 1.32. The van der Waals surface area contributed by atoms with Crippen molar-refractivity contribution in [1.29, 1.82) is 0 Å². The van der Waals surface area contributed by atoms with E-state index >= 15 is 0 Å². The maximum Gasteiger partial charge on any atom is 0.234 e. The van der Waals surface area contributed by atoms with Gasteiger partial charge in [-0.05, 0) is 27.2 Å². The first kappa shape index (κ1) is 15.9. The fourth-order valence-electron chi connectivity index (χ4n) is 1.23. The molecule has 0 bridgehead atoms. The van der Waals surface area contributed by atoms with Gasteiger partial charge >= 0.3 is 0 Å². The summed E-state index contributed by atoms with van der Waals surface area (Å²) in [4.78, 5) is 22.6. The van der Waals surface area contributed by atoms with Crippen LogP contribution < -0.4 is 16.0 Å². The molecule has 1 unspecified atom stereocenters. The third kappa shape index (κ3) is 9.81. The van der Waals surface area contributed by atoms with Gasteiger partial charge in [-0.1, -0.05) is 6.92 Å². The monoisotopic (exact) mass is 243 g/mol. The Morgan fingerprint density at radius 2 is 1.71 bits per heavy atom. The molecule has 3 N–H and O–H groups in total. The van der Waals surface area contributed by atoms with Gasteiger partial charge in [-0.3, -0.25) is 9.59 Å². The third-order valence-corrected chi connectivity index (χ3v) is 2.28. The molecule has 17 heavy (non-hydrogen) atoms. The second kappa shape index (κ2) is 8.98. The quantitative estimate of drug-likeness (QED) is 0.541. The normalized spacial score (nSPS) is 12.3. The standard InChI is InChI=1S/C12H25N3O2/c1-5-10(4)15-12(17)8-13-7-6-11(16)14-9(2)3/h9-10,13H,5-8H2,1-4H3,(H,14,16)(H,15,17). The summed E-state index contributed by atoms with van der Waals surface area (Å²) in [5.74, 6) is -0.0153. The van der Waals surface area contributed by atoms with Crippen molar-refractivity contribution < 1.29 is 9.59 Å². The van der Waals surface area contributed by atoms with Gasteiger partial charge in [0.05, 0.1) is 6.54 Å². The van der Waals surface area contributed by atoms with Crippen LogP contribution in [0.1, 0.15) is 40.5 Å². The highest BCUT2D eigenvalue weighted by atomic mass is 16.2. The molecule has 0 aromatic rings. The molecule has 0 rings (SSSR count). The molecule has 5 nitrogen and oxygen atoms in total. The molecule has 0 saturated carbocycles. The molecule has 0 aromatic carbocycles. The molecule has 0 aromatic heterocycles. The Bertz CT molecular complexity index is 242. The van der Waals surface area contributed by atoms with Crippen LogP contribution >= 0.6 is 0 Å². The van der Waals surface area contributed by atoms with E-state index in [-0.39, 0.29) is 30.4 Å². The summed E-state index contributed by atoms with van der Waals surface area (Å²) in [5, 5.41) is 8.59. The van der Waals surface area contributed by atoms with Crippen LogP contribution in [0, 0.1) is 0 Å². The molecule has 0 aliphatic carbocycles. The second-order valence-corrected chi connectivity index (χ2v) is 4.53. The van der Waals surface area contributed by atoms with Crippen molar-refractivity contribution in [2.45, 2.75) is 52.6 Å². The minimum atomic E-state index is -0.0244. The summed E-state index contributed by atoms with van der Waals surface area (Å²) in [6.45, 7) is 8.62. The van der Waals surface area contributed by atoms with Gasteiger partial charge in [-0.15, -0.1) is 0 Å². The van der Waals surface area contributed by atoms with Crippen molar-refractivity contribution in [3.8, 4) is 0 Å². The number of carbonyl (C=O) groups excluding carboxylic acids is 2. The van der Waals surface area contributed by atoms with E-state index in [2.05, 4.69) is 16.0 Å². The molecule has 0 fully saturated rings. The lowest BCUT2D eigenvalue weighted by Crippen LogP contribution is -2.40. The molecule has 0 radical (unpaired) electrons. The summed E-state index contributed by atoms with van der Waals surface area (Å²) in [6, 6.07) is 0.366. The van der Waals surface area contributed by atoms with E-state index in [9.17, 15) is 9.59 Å². The molecule has 0 spiro atoms. The Morgan fingerprint density at radius 3 is 2.24 bits per heavy atom. The van der Waals surface area contributed by atoms with Gasteiger partial charge in [-0.2, -0.15) is 0 Å². The third-order valence-electron chi connectivity index (χ3n) is 2.28. The number of hydrogen-bond donors (Lipinski definition) is 3. The van der Waals surface area contributed by atoms with E-state index in [1.165, 1.54) is 0 Å². The lowest BCUT2D eigenvalue weighted by molar-refractivity contribution is -0.123. The van der Waals surface area contributed by atoms with Gasteiger partial charge in [0.15, 0.2) is 0 Å². The van der Waals surface area contributed by atoms with E-state index in [0.717, 1.165) is 6.42 Å². The minimum Gasteiger partial charge on any atom is -0.354 e. The smallest absolute Gasteiger partial charge is 0.234 e. The topological polar surface area (TPSA) is 70.2 Å². The van der Waals surface area contributed by atoms with Gasteiger partial charge in [0, 0.05) is 25.0 Å². The average Bonchev–Trinajstić information content (AvgIpc) is 2.23. The van der Waals surface area contributed by atoms with Crippen LogP contribution in [-0.2, 0) is 9.59 Å². The van der Waals surface area contributed by atoms with Crippen molar-refractivity contribution >= 4 is 11.8 Å². The Kier molecular flexibility index (Phi) is 8.40. The summed E-state index contributed by atoms with van der Waals surface area (Å²) in [5.41, 5.74) is 0. The molecule has 0 heterocycles. The van der Waals surface area contributed by atoms with Crippen molar-refractivity contribution in [2.75, 3.05) is 13.1 Å². The van der Waals surface area contributed by atoms with Gasteiger partial charge in [0.2, 0.25) is 11.8 Å². The van der Waals surface area contributed by atoms with Crippen LogP contribution in [-0.4, -0.2) is 37.0 Å². The largest absolute Gasteiger partial charge is 0.354 e. The predicted octanol–water partition coefficient (Wildman–Crippen LogP) is 0.405. The minimum absolute atomic E-state index is 0.00911. The van der Waals surface area contributed by atoms with E-state index in [4.69, 9.17) is 0 Å². The zero-order valence-corrected chi connectivity index (χ0v) is 11.3. The molecule has 100 valence electrons. The lowest BCUT2D eigenvalue weighted by Gasteiger charge is -2.12. The lowest BCUT2D eigenvalue weighted by atomic mass is 10.2. The summed E-state index contributed by atoms with van der Waals surface area (Å²) < 4.78 is 0. The first-order valence-corrected chi connectivity index (χ1v) is 6.25. The molecule has 0 saturated heterocycles. The van der Waals surface area contributed by atoms with Crippen LogP contribution in [0.25, 0.3) is 0 Å². The zero-order chi connectivity index (χ0) is 13.3. The molecule has 0 aliphatic heterocycles. The highest BCUT2D eigenvalue weighted by molar-refractivity contribution is 5.78. The van der Waals surface area contributed by atoms with Crippen molar-refractivity contribution in [3.05, 3.63) is 0 Å². The SMILES string of the molecule is CCC(C)NC(=O)CNCCC(=O)NC(C)C. The fourth-order valence-corrected chi connectivity index (χ4v) is 1.23. The molecule has 0 aliphatic rings. The molecule has 5 heteroatoms. The zero-order valence-electron chi connectivity index (χ0n) is 11.3. The first-order chi connectivity index (χ1) is 7.95. The summed E-state index contributed by atoms with van der Waals surface area (Å²) in [7, 11) is 0. The Morgan fingerprint density at radius 1 is 1.06 bits per heavy atom. The Balaban J connectivity index is 3.51. The number of rotatable bonds is 8. The van der Waals surface area contributed by atoms with Crippen LogP contribution in [0.15, 0.2) is 0 Å². The maximum atomic E-state index is 11.4. The first-order valence-electron chi connectivity index (χ1n) is 6.25. The number of amides is 2. The van der Waals surface area contributed by atoms with Crippen LogP contribution in [0.3, 0.4) is 0 Å². The van der Waals surface area contributed by atoms with E-state index in [1.807, 2.05) is 27.7 Å². The molecule has 2 amide bonds. The van der Waals surface area contributed by atoms with Gasteiger partial charge < -0.3 is 16.0 Å². The van der Waals surface area contributed by atoms with E-state index in [1.54, 1.807) is 0 Å². The van der Waals surface area contributed by atoms with Gasteiger partial charge in [0.1, 0.15) is 0 Å². The average molecular weight is 243 g/mol.